The fourth-order valence-corrected chi connectivity index (χ4v) is 4.93. The summed E-state index contributed by atoms with van der Waals surface area (Å²) in [5.41, 5.74) is 5.14. The average molecular weight is 529 g/mol. The van der Waals surface area contributed by atoms with Gasteiger partial charge < -0.3 is 15.4 Å². The highest BCUT2D eigenvalue weighted by molar-refractivity contribution is 7.86. The van der Waals surface area contributed by atoms with Crippen molar-refractivity contribution in [2.75, 3.05) is 10.0 Å². The standard InChI is InChI=1S/C28H25FN6O2S/c1-18-11-12-22(34-38(37)23-10-6-9-21(29)13-23)14-25(18)33-27-26-19(2)24(16-35(26)32-17-31-27)28(36)30-15-20-7-4-3-5-8-20/h3-14,16-17,34H,15H2,1-2H3,(H,30,36)(H,31,32,33). The summed E-state index contributed by atoms with van der Waals surface area (Å²) in [5, 5.41) is 10.6. The molecule has 0 bridgehead atoms. The van der Waals surface area contributed by atoms with E-state index in [1.807, 2.05) is 50.2 Å². The second kappa shape index (κ2) is 10.8. The Hall–Kier alpha value is -4.57. The minimum absolute atomic E-state index is 0.204. The van der Waals surface area contributed by atoms with E-state index < -0.39 is 16.8 Å². The Kier molecular flexibility index (Phi) is 7.14. The second-order valence-corrected chi connectivity index (χ2v) is 9.93. The Morgan fingerprint density at radius 2 is 1.84 bits per heavy atom. The molecule has 2 heterocycles. The normalized spacial score (nSPS) is 11.8. The van der Waals surface area contributed by atoms with Crippen LogP contribution >= 0.6 is 0 Å². The van der Waals surface area contributed by atoms with Crippen molar-refractivity contribution in [3.8, 4) is 0 Å². The predicted octanol–water partition coefficient (Wildman–Crippen LogP) is 5.29. The number of rotatable bonds is 8. The SMILES string of the molecule is Cc1ccc(NS(=O)c2cccc(F)c2)cc1Nc1ncnn2cc(C(=O)NCc3ccccc3)c(C)c12. The lowest BCUT2D eigenvalue weighted by Crippen LogP contribution is -2.22. The molecule has 5 rings (SSSR count). The Labute approximate surface area is 221 Å². The summed E-state index contributed by atoms with van der Waals surface area (Å²) in [6.45, 7) is 4.20. The second-order valence-electron chi connectivity index (χ2n) is 8.72. The maximum absolute atomic E-state index is 13.5. The number of anilines is 3. The molecule has 3 N–H and O–H groups in total. The zero-order valence-electron chi connectivity index (χ0n) is 20.7. The van der Waals surface area contributed by atoms with Gasteiger partial charge in [0.15, 0.2) is 5.82 Å². The number of carbonyl (C=O) groups is 1. The van der Waals surface area contributed by atoms with Crippen LogP contribution in [0.15, 0.2) is 90.2 Å². The number of amides is 1. The fourth-order valence-electron chi connectivity index (χ4n) is 4.05. The molecule has 38 heavy (non-hydrogen) atoms. The molecule has 8 nitrogen and oxygen atoms in total. The summed E-state index contributed by atoms with van der Waals surface area (Å²) < 4.78 is 30.8. The quantitative estimate of drug-likeness (QED) is 0.254. The Morgan fingerprint density at radius 3 is 2.63 bits per heavy atom. The first-order valence-corrected chi connectivity index (χ1v) is 13.0. The number of fused-ring (bicyclic) bond motifs is 1. The average Bonchev–Trinajstić information content (AvgIpc) is 3.27. The highest BCUT2D eigenvalue weighted by Crippen LogP contribution is 2.29. The van der Waals surface area contributed by atoms with Crippen molar-refractivity contribution in [1.82, 2.24) is 19.9 Å². The molecule has 0 radical (unpaired) electrons. The largest absolute Gasteiger partial charge is 0.348 e. The van der Waals surface area contributed by atoms with Crippen molar-refractivity contribution in [2.45, 2.75) is 25.3 Å². The number of aromatic nitrogens is 3. The summed E-state index contributed by atoms with van der Waals surface area (Å²) in [6, 6.07) is 20.8. The molecular weight excluding hydrogens is 503 g/mol. The minimum Gasteiger partial charge on any atom is -0.348 e. The highest BCUT2D eigenvalue weighted by atomic mass is 32.2. The Bertz CT molecular complexity index is 1650. The summed E-state index contributed by atoms with van der Waals surface area (Å²) >= 11 is 0. The lowest BCUT2D eigenvalue weighted by Gasteiger charge is -2.13. The lowest BCUT2D eigenvalue weighted by molar-refractivity contribution is 0.0950. The van der Waals surface area contributed by atoms with E-state index in [9.17, 15) is 13.4 Å². The molecule has 10 heteroatoms. The number of hydrogen-bond acceptors (Lipinski definition) is 5. The zero-order valence-corrected chi connectivity index (χ0v) is 21.6. The smallest absolute Gasteiger partial charge is 0.253 e. The van der Waals surface area contributed by atoms with Crippen molar-refractivity contribution in [3.63, 3.8) is 0 Å². The summed E-state index contributed by atoms with van der Waals surface area (Å²) in [5.74, 6) is -0.136. The first-order valence-electron chi connectivity index (χ1n) is 11.9. The molecule has 0 fully saturated rings. The van der Waals surface area contributed by atoms with Crippen LogP contribution in [0, 0.1) is 19.7 Å². The molecule has 0 aliphatic rings. The van der Waals surface area contributed by atoms with Crippen LogP contribution in [0.2, 0.25) is 0 Å². The van der Waals surface area contributed by atoms with E-state index in [0.29, 0.717) is 34.0 Å². The number of aryl methyl sites for hydroxylation is 2. The van der Waals surface area contributed by atoms with Crippen molar-refractivity contribution in [3.05, 3.63) is 113 Å². The highest BCUT2D eigenvalue weighted by Gasteiger charge is 2.18. The number of nitrogens with one attached hydrogen (secondary N) is 3. The summed E-state index contributed by atoms with van der Waals surface area (Å²) in [4.78, 5) is 17.7. The minimum atomic E-state index is -1.64. The van der Waals surface area contributed by atoms with Crippen molar-refractivity contribution < 1.29 is 13.4 Å². The van der Waals surface area contributed by atoms with Crippen LogP contribution in [0.1, 0.15) is 27.0 Å². The molecule has 2 aromatic heterocycles. The molecule has 0 saturated carbocycles. The molecule has 5 aromatic rings. The molecular formula is C28H25FN6O2S. The van der Waals surface area contributed by atoms with E-state index >= 15 is 0 Å². The van der Waals surface area contributed by atoms with Crippen molar-refractivity contribution in [2.24, 2.45) is 0 Å². The zero-order chi connectivity index (χ0) is 26.6. The van der Waals surface area contributed by atoms with Gasteiger partial charge in [-0.05, 0) is 60.9 Å². The molecule has 0 aliphatic heterocycles. The fraction of sp³-hybridized carbons (Fsp3) is 0.107. The molecule has 0 aliphatic carbocycles. The van der Waals surface area contributed by atoms with Gasteiger partial charge in [0.1, 0.15) is 28.6 Å². The van der Waals surface area contributed by atoms with Crippen LogP contribution in [0.3, 0.4) is 0 Å². The van der Waals surface area contributed by atoms with Crippen LogP contribution in [0.25, 0.3) is 5.52 Å². The van der Waals surface area contributed by atoms with Crippen molar-refractivity contribution >= 4 is 39.6 Å². The first kappa shape index (κ1) is 25.1. The van der Waals surface area contributed by atoms with E-state index in [1.54, 1.807) is 28.9 Å². The van der Waals surface area contributed by atoms with Gasteiger partial charge in [-0.25, -0.2) is 18.1 Å². The topological polar surface area (TPSA) is 100 Å². The van der Waals surface area contributed by atoms with Gasteiger partial charge in [-0.15, -0.1) is 0 Å². The molecule has 1 unspecified atom stereocenters. The van der Waals surface area contributed by atoms with Crippen LogP contribution < -0.4 is 15.4 Å². The number of carbonyl (C=O) groups excluding carboxylic acids is 1. The van der Waals surface area contributed by atoms with E-state index in [-0.39, 0.29) is 5.91 Å². The summed E-state index contributed by atoms with van der Waals surface area (Å²) in [7, 11) is -1.64. The van der Waals surface area contributed by atoms with Gasteiger partial charge in [-0.2, -0.15) is 5.10 Å². The van der Waals surface area contributed by atoms with Crippen molar-refractivity contribution in [1.29, 1.82) is 0 Å². The third-order valence-electron chi connectivity index (χ3n) is 6.08. The van der Waals surface area contributed by atoms with E-state index in [2.05, 4.69) is 25.4 Å². The van der Waals surface area contributed by atoms with E-state index in [4.69, 9.17) is 0 Å². The van der Waals surface area contributed by atoms with Gasteiger partial charge in [0, 0.05) is 24.1 Å². The van der Waals surface area contributed by atoms with Gasteiger partial charge >= 0.3 is 0 Å². The van der Waals surface area contributed by atoms with Gasteiger partial charge in [-0.3, -0.25) is 4.79 Å². The monoisotopic (exact) mass is 528 g/mol. The summed E-state index contributed by atoms with van der Waals surface area (Å²) in [6.07, 6.45) is 3.10. The van der Waals surface area contributed by atoms with Gasteiger partial charge in [0.05, 0.1) is 10.5 Å². The van der Waals surface area contributed by atoms with Gasteiger partial charge in [-0.1, -0.05) is 42.5 Å². The maximum atomic E-state index is 13.5. The molecule has 1 amide bonds. The Balaban J connectivity index is 1.38. The lowest BCUT2D eigenvalue weighted by atomic mass is 10.1. The number of benzene rings is 3. The first-order chi connectivity index (χ1) is 18.4. The number of nitrogens with zero attached hydrogens (tertiary/aromatic N) is 3. The van der Waals surface area contributed by atoms with Gasteiger partial charge in [0.2, 0.25) is 0 Å². The van der Waals surface area contributed by atoms with Crippen LogP contribution in [0.5, 0.6) is 0 Å². The molecule has 192 valence electrons. The maximum Gasteiger partial charge on any atom is 0.253 e. The van der Waals surface area contributed by atoms with Crippen LogP contribution in [-0.4, -0.2) is 24.7 Å². The number of halogens is 1. The molecule has 1 atom stereocenters. The van der Waals surface area contributed by atoms with Crippen LogP contribution in [-0.2, 0) is 17.5 Å². The number of hydrogen-bond donors (Lipinski definition) is 3. The van der Waals surface area contributed by atoms with Gasteiger partial charge in [0.25, 0.3) is 5.91 Å². The Morgan fingerprint density at radius 1 is 1.03 bits per heavy atom. The van der Waals surface area contributed by atoms with Crippen LogP contribution in [0.4, 0.5) is 21.6 Å². The molecule has 0 spiro atoms. The van der Waals surface area contributed by atoms with E-state index in [1.165, 1.54) is 24.5 Å². The third kappa shape index (κ3) is 5.40. The molecule has 0 saturated heterocycles. The predicted molar refractivity (Wildman–Crippen MR) is 146 cm³/mol. The molecule has 3 aromatic carbocycles. The van der Waals surface area contributed by atoms with E-state index in [0.717, 1.165) is 22.4 Å². The third-order valence-corrected chi connectivity index (χ3v) is 7.18.